The van der Waals surface area contributed by atoms with Crippen molar-refractivity contribution in [2.45, 2.75) is 18.6 Å². The van der Waals surface area contributed by atoms with E-state index in [9.17, 15) is 9.18 Å². The standard InChI is InChI=1S/C13H15BrFNOS/c14-11-4-3-10(12(15)5-11)7-18-8-13(17)16-6-9-1-2-9/h3-5,9H,1-2,6-8H2,(H,16,17). The molecule has 2 nitrogen and oxygen atoms in total. The number of carbonyl (C=O) groups is 1. The van der Waals surface area contributed by atoms with Gasteiger partial charge in [-0.25, -0.2) is 4.39 Å². The van der Waals surface area contributed by atoms with E-state index in [0.29, 0.717) is 23.0 Å². The molecule has 0 aromatic heterocycles. The molecule has 5 heteroatoms. The molecule has 0 saturated heterocycles. The number of benzene rings is 1. The molecule has 0 spiro atoms. The van der Waals surface area contributed by atoms with Gasteiger partial charge in [0.15, 0.2) is 0 Å². The molecular weight excluding hydrogens is 317 g/mol. The molecule has 0 heterocycles. The van der Waals surface area contributed by atoms with Gasteiger partial charge < -0.3 is 5.32 Å². The molecule has 1 aliphatic carbocycles. The van der Waals surface area contributed by atoms with Gasteiger partial charge in [0, 0.05) is 16.8 Å². The van der Waals surface area contributed by atoms with E-state index in [4.69, 9.17) is 0 Å². The molecular formula is C13H15BrFNOS. The zero-order valence-electron chi connectivity index (χ0n) is 9.92. The van der Waals surface area contributed by atoms with Gasteiger partial charge in [0.05, 0.1) is 5.75 Å². The third-order valence-electron chi connectivity index (χ3n) is 2.79. The first-order valence-electron chi connectivity index (χ1n) is 5.93. The van der Waals surface area contributed by atoms with Gasteiger partial charge in [0.1, 0.15) is 5.82 Å². The molecule has 1 aromatic rings. The van der Waals surface area contributed by atoms with Crippen molar-refractivity contribution < 1.29 is 9.18 Å². The molecule has 1 fully saturated rings. The highest BCUT2D eigenvalue weighted by atomic mass is 79.9. The maximum absolute atomic E-state index is 13.5. The fourth-order valence-electron chi connectivity index (χ4n) is 1.52. The second-order valence-electron chi connectivity index (χ2n) is 4.48. The summed E-state index contributed by atoms with van der Waals surface area (Å²) in [5.74, 6) is 1.43. The molecule has 0 atom stereocenters. The first-order chi connectivity index (χ1) is 8.65. The van der Waals surface area contributed by atoms with Crippen LogP contribution in [-0.4, -0.2) is 18.2 Å². The molecule has 1 N–H and O–H groups in total. The van der Waals surface area contributed by atoms with Crippen LogP contribution in [-0.2, 0) is 10.5 Å². The topological polar surface area (TPSA) is 29.1 Å². The maximum atomic E-state index is 13.5. The molecule has 18 heavy (non-hydrogen) atoms. The largest absolute Gasteiger partial charge is 0.355 e. The maximum Gasteiger partial charge on any atom is 0.230 e. The van der Waals surface area contributed by atoms with Gasteiger partial charge in [-0.05, 0) is 36.5 Å². The molecule has 0 aliphatic heterocycles. The van der Waals surface area contributed by atoms with Crippen LogP contribution in [0.25, 0.3) is 0 Å². The first kappa shape index (κ1) is 13.9. The van der Waals surface area contributed by atoms with Crippen LogP contribution in [0.15, 0.2) is 22.7 Å². The normalized spacial score (nSPS) is 14.6. The van der Waals surface area contributed by atoms with Crippen molar-refractivity contribution in [2.24, 2.45) is 5.92 Å². The van der Waals surface area contributed by atoms with Crippen LogP contribution in [0.2, 0.25) is 0 Å². The van der Waals surface area contributed by atoms with Crippen LogP contribution in [0, 0.1) is 11.7 Å². The summed E-state index contributed by atoms with van der Waals surface area (Å²) < 4.78 is 14.2. The molecule has 98 valence electrons. The Morgan fingerprint density at radius 1 is 1.50 bits per heavy atom. The van der Waals surface area contributed by atoms with Gasteiger partial charge in [-0.3, -0.25) is 4.79 Å². The van der Waals surface area contributed by atoms with E-state index in [2.05, 4.69) is 21.2 Å². The van der Waals surface area contributed by atoms with Gasteiger partial charge >= 0.3 is 0 Å². The highest BCUT2D eigenvalue weighted by Gasteiger charge is 2.21. The average molecular weight is 332 g/mol. The van der Waals surface area contributed by atoms with E-state index in [0.717, 1.165) is 11.0 Å². The molecule has 1 aliphatic rings. The molecule has 1 saturated carbocycles. The van der Waals surface area contributed by atoms with Crippen LogP contribution in [0.3, 0.4) is 0 Å². The number of nitrogens with one attached hydrogen (secondary N) is 1. The van der Waals surface area contributed by atoms with Crippen molar-refractivity contribution in [1.82, 2.24) is 5.32 Å². The summed E-state index contributed by atoms with van der Waals surface area (Å²) in [6.45, 7) is 0.798. The summed E-state index contributed by atoms with van der Waals surface area (Å²) in [6.07, 6.45) is 2.47. The number of carbonyl (C=O) groups excluding carboxylic acids is 1. The zero-order valence-corrected chi connectivity index (χ0v) is 12.3. The molecule has 0 radical (unpaired) electrons. The number of thioether (sulfide) groups is 1. The summed E-state index contributed by atoms with van der Waals surface area (Å²) in [5.41, 5.74) is 0.637. The lowest BCUT2D eigenvalue weighted by atomic mass is 10.2. The Labute approximate surface area is 119 Å². The van der Waals surface area contributed by atoms with Crippen LogP contribution >= 0.6 is 27.7 Å². The minimum Gasteiger partial charge on any atom is -0.355 e. The Morgan fingerprint density at radius 2 is 2.28 bits per heavy atom. The van der Waals surface area contributed by atoms with Crippen LogP contribution in [0.5, 0.6) is 0 Å². The van der Waals surface area contributed by atoms with Crippen molar-refractivity contribution in [3.05, 3.63) is 34.1 Å². The predicted octanol–water partition coefficient (Wildman–Crippen LogP) is 3.35. The minimum atomic E-state index is -0.227. The van der Waals surface area contributed by atoms with Crippen molar-refractivity contribution in [2.75, 3.05) is 12.3 Å². The van der Waals surface area contributed by atoms with Crippen molar-refractivity contribution >= 4 is 33.6 Å². The Hall–Kier alpha value is -0.550. The van der Waals surface area contributed by atoms with E-state index in [1.165, 1.54) is 30.7 Å². The lowest BCUT2D eigenvalue weighted by Crippen LogP contribution is -2.27. The lowest BCUT2D eigenvalue weighted by Gasteiger charge is -2.05. The molecule has 0 bridgehead atoms. The van der Waals surface area contributed by atoms with Gasteiger partial charge in [-0.1, -0.05) is 22.0 Å². The second-order valence-corrected chi connectivity index (χ2v) is 6.38. The molecule has 1 aromatic carbocycles. The van der Waals surface area contributed by atoms with E-state index in [1.807, 2.05) is 6.07 Å². The highest BCUT2D eigenvalue weighted by Crippen LogP contribution is 2.27. The summed E-state index contributed by atoms with van der Waals surface area (Å²) in [4.78, 5) is 11.5. The van der Waals surface area contributed by atoms with Gasteiger partial charge in [-0.2, -0.15) is 0 Å². The number of hydrogen-bond acceptors (Lipinski definition) is 2. The Kier molecular flexibility index (Phi) is 5.06. The first-order valence-corrected chi connectivity index (χ1v) is 7.88. The Bertz CT molecular complexity index is 437. The van der Waals surface area contributed by atoms with Gasteiger partial charge in [0.2, 0.25) is 5.91 Å². The molecule has 2 rings (SSSR count). The van der Waals surface area contributed by atoms with Crippen molar-refractivity contribution in [1.29, 1.82) is 0 Å². The van der Waals surface area contributed by atoms with E-state index >= 15 is 0 Å². The Balaban J connectivity index is 1.68. The minimum absolute atomic E-state index is 0.0458. The van der Waals surface area contributed by atoms with Crippen molar-refractivity contribution in [3.8, 4) is 0 Å². The average Bonchev–Trinajstić information content (AvgIpc) is 3.13. The third-order valence-corrected chi connectivity index (χ3v) is 4.27. The van der Waals surface area contributed by atoms with E-state index < -0.39 is 0 Å². The van der Waals surface area contributed by atoms with Gasteiger partial charge in [-0.15, -0.1) is 11.8 Å². The number of hydrogen-bond donors (Lipinski definition) is 1. The van der Waals surface area contributed by atoms with Crippen LogP contribution in [0.1, 0.15) is 18.4 Å². The van der Waals surface area contributed by atoms with Crippen LogP contribution in [0.4, 0.5) is 4.39 Å². The zero-order chi connectivity index (χ0) is 13.0. The summed E-state index contributed by atoms with van der Waals surface area (Å²) >= 11 is 4.66. The van der Waals surface area contributed by atoms with Gasteiger partial charge in [0.25, 0.3) is 0 Å². The number of halogens is 2. The fraction of sp³-hybridized carbons (Fsp3) is 0.462. The SMILES string of the molecule is O=C(CSCc1ccc(Br)cc1F)NCC1CC1. The van der Waals surface area contributed by atoms with E-state index in [1.54, 1.807) is 6.07 Å². The lowest BCUT2D eigenvalue weighted by molar-refractivity contribution is -0.118. The quantitative estimate of drug-likeness (QED) is 0.866. The summed E-state index contributed by atoms with van der Waals surface area (Å²) in [7, 11) is 0. The van der Waals surface area contributed by atoms with Crippen molar-refractivity contribution in [3.63, 3.8) is 0 Å². The number of rotatable bonds is 6. The third kappa shape index (κ3) is 4.61. The van der Waals surface area contributed by atoms with Crippen LogP contribution < -0.4 is 5.32 Å². The number of amides is 1. The summed E-state index contributed by atoms with van der Waals surface area (Å²) in [5, 5.41) is 2.89. The highest BCUT2D eigenvalue weighted by molar-refractivity contribution is 9.10. The summed E-state index contributed by atoms with van der Waals surface area (Å²) in [6, 6.07) is 5.00. The Morgan fingerprint density at radius 3 is 2.94 bits per heavy atom. The monoisotopic (exact) mass is 331 g/mol. The molecule has 1 amide bonds. The van der Waals surface area contributed by atoms with E-state index in [-0.39, 0.29) is 11.7 Å². The fourth-order valence-corrected chi connectivity index (χ4v) is 2.70. The predicted molar refractivity (Wildman–Crippen MR) is 76.0 cm³/mol. The smallest absolute Gasteiger partial charge is 0.230 e. The molecule has 0 unspecified atom stereocenters. The second kappa shape index (κ2) is 6.57.